The predicted octanol–water partition coefficient (Wildman–Crippen LogP) is 3.32. The largest absolute Gasteiger partial charge is 0.506 e. The van der Waals surface area contributed by atoms with E-state index < -0.39 is 0 Å². The number of guanidine groups is 1. The number of para-hydroxylation sites is 2. The molecule has 0 spiro atoms. The minimum atomic E-state index is 0.141. The van der Waals surface area contributed by atoms with E-state index in [1.807, 2.05) is 18.2 Å². The van der Waals surface area contributed by atoms with Crippen LogP contribution in [0.3, 0.4) is 0 Å². The van der Waals surface area contributed by atoms with Crippen molar-refractivity contribution in [2.45, 2.75) is 46.6 Å². The SMILES string of the molecule is CCNC(=NCC1CCCOC1C(C)(C)C)N1CCN(c2ccccc2O)CC1. The van der Waals surface area contributed by atoms with Crippen molar-refractivity contribution >= 4 is 11.6 Å². The van der Waals surface area contributed by atoms with Crippen LogP contribution in [0.2, 0.25) is 0 Å². The lowest BCUT2D eigenvalue weighted by atomic mass is 9.78. The molecule has 2 aliphatic heterocycles. The summed E-state index contributed by atoms with van der Waals surface area (Å²) in [6.07, 6.45) is 2.58. The highest BCUT2D eigenvalue weighted by Gasteiger charge is 2.35. The van der Waals surface area contributed by atoms with Gasteiger partial charge in [0.05, 0.1) is 11.8 Å². The van der Waals surface area contributed by atoms with Gasteiger partial charge in [-0.05, 0) is 37.3 Å². The number of nitrogens with one attached hydrogen (secondary N) is 1. The highest BCUT2D eigenvalue weighted by atomic mass is 16.5. The number of phenols is 1. The Bertz CT molecular complexity index is 678. The third-order valence-corrected chi connectivity index (χ3v) is 5.91. The summed E-state index contributed by atoms with van der Waals surface area (Å²) in [5.41, 5.74) is 1.06. The van der Waals surface area contributed by atoms with Gasteiger partial charge in [0.15, 0.2) is 5.96 Å². The molecule has 2 aliphatic rings. The summed E-state index contributed by atoms with van der Waals surface area (Å²) in [7, 11) is 0. The van der Waals surface area contributed by atoms with Crippen LogP contribution in [0.15, 0.2) is 29.3 Å². The van der Waals surface area contributed by atoms with Crippen LogP contribution >= 0.6 is 0 Å². The smallest absolute Gasteiger partial charge is 0.194 e. The molecule has 2 heterocycles. The molecule has 6 nitrogen and oxygen atoms in total. The molecule has 0 saturated carbocycles. The lowest BCUT2D eigenvalue weighted by molar-refractivity contribution is -0.0824. The third kappa shape index (κ3) is 5.56. The zero-order chi connectivity index (χ0) is 20.9. The van der Waals surface area contributed by atoms with Crippen molar-refractivity contribution in [3.05, 3.63) is 24.3 Å². The second-order valence-electron chi connectivity index (χ2n) is 9.22. The number of anilines is 1. The number of ether oxygens (including phenoxy) is 1. The molecule has 0 aliphatic carbocycles. The summed E-state index contributed by atoms with van der Waals surface area (Å²) in [4.78, 5) is 9.62. The van der Waals surface area contributed by atoms with E-state index in [9.17, 15) is 5.11 Å². The fourth-order valence-electron chi connectivity index (χ4n) is 4.51. The fraction of sp³-hybridized carbons (Fsp3) is 0.696. The third-order valence-electron chi connectivity index (χ3n) is 5.91. The minimum absolute atomic E-state index is 0.141. The summed E-state index contributed by atoms with van der Waals surface area (Å²) in [5.74, 6) is 1.83. The Labute approximate surface area is 175 Å². The van der Waals surface area contributed by atoms with Gasteiger partial charge in [-0.2, -0.15) is 0 Å². The Morgan fingerprint density at radius 3 is 2.59 bits per heavy atom. The summed E-state index contributed by atoms with van der Waals surface area (Å²) in [6, 6.07) is 7.58. The molecule has 6 heteroatoms. The Hall–Kier alpha value is -1.95. The number of rotatable bonds is 4. The van der Waals surface area contributed by atoms with Crippen molar-refractivity contribution < 1.29 is 9.84 Å². The molecule has 0 radical (unpaired) electrons. The molecule has 1 aromatic rings. The number of nitrogens with zero attached hydrogens (tertiary/aromatic N) is 3. The van der Waals surface area contributed by atoms with Gasteiger partial charge in [0.1, 0.15) is 5.75 Å². The van der Waals surface area contributed by atoms with Gasteiger partial charge in [-0.15, -0.1) is 0 Å². The van der Waals surface area contributed by atoms with Crippen LogP contribution in [0.5, 0.6) is 5.75 Å². The monoisotopic (exact) mass is 402 g/mol. The lowest BCUT2D eigenvalue weighted by Crippen LogP contribution is -2.53. The van der Waals surface area contributed by atoms with Gasteiger partial charge >= 0.3 is 0 Å². The Kier molecular flexibility index (Phi) is 7.28. The molecule has 1 aromatic carbocycles. The minimum Gasteiger partial charge on any atom is -0.506 e. The first kappa shape index (κ1) is 21.8. The molecule has 2 saturated heterocycles. The van der Waals surface area contributed by atoms with E-state index in [0.29, 0.717) is 11.7 Å². The highest BCUT2D eigenvalue weighted by molar-refractivity contribution is 5.80. The first-order valence-corrected chi connectivity index (χ1v) is 11.1. The molecule has 2 unspecified atom stereocenters. The molecule has 2 N–H and O–H groups in total. The summed E-state index contributed by atoms with van der Waals surface area (Å²) in [6.45, 7) is 15.0. The maximum atomic E-state index is 10.1. The molecular weight excluding hydrogens is 364 g/mol. The number of benzene rings is 1. The fourth-order valence-corrected chi connectivity index (χ4v) is 4.51. The number of hydrogen-bond acceptors (Lipinski definition) is 4. The van der Waals surface area contributed by atoms with Gasteiger partial charge in [-0.1, -0.05) is 32.9 Å². The van der Waals surface area contributed by atoms with Crippen molar-refractivity contribution in [1.82, 2.24) is 10.2 Å². The first-order chi connectivity index (χ1) is 13.9. The van der Waals surface area contributed by atoms with Crippen molar-refractivity contribution in [3.63, 3.8) is 0 Å². The highest BCUT2D eigenvalue weighted by Crippen LogP contribution is 2.34. The Morgan fingerprint density at radius 2 is 1.93 bits per heavy atom. The Morgan fingerprint density at radius 1 is 1.21 bits per heavy atom. The number of phenolic OH excluding ortho intramolecular Hbond substituents is 1. The van der Waals surface area contributed by atoms with E-state index in [0.717, 1.165) is 63.9 Å². The van der Waals surface area contributed by atoms with Gasteiger partial charge in [-0.25, -0.2) is 0 Å². The zero-order valence-electron chi connectivity index (χ0n) is 18.5. The number of aliphatic imine (C=N–C) groups is 1. The standard InChI is InChI=1S/C23H38N4O2/c1-5-24-22(25-17-18-9-8-16-29-21(18)23(2,3)4)27-14-12-26(13-15-27)19-10-6-7-11-20(19)28/h6-7,10-11,18,21,28H,5,8-9,12-17H2,1-4H3,(H,24,25). The maximum Gasteiger partial charge on any atom is 0.194 e. The van der Waals surface area contributed by atoms with Crippen molar-refractivity contribution in [2.75, 3.05) is 50.8 Å². The van der Waals surface area contributed by atoms with Gasteiger partial charge < -0.3 is 25.0 Å². The van der Waals surface area contributed by atoms with Gasteiger partial charge in [0, 0.05) is 51.8 Å². The second kappa shape index (κ2) is 9.70. The number of piperazine rings is 1. The topological polar surface area (TPSA) is 60.3 Å². The number of aromatic hydroxyl groups is 1. The molecule has 2 fully saturated rings. The average Bonchev–Trinajstić information content (AvgIpc) is 2.71. The van der Waals surface area contributed by atoms with E-state index >= 15 is 0 Å². The van der Waals surface area contributed by atoms with Crippen molar-refractivity contribution in [3.8, 4) is 5.75 Å². The lowest BCUT2D eigenvalue weighted by Gasteiger charge is -2.40. The van der Waals surface area contributed by atoms with Gasteiger partial charge in [-0.3, -0.25) is 4.99 Å². The van der Waals surface area contributed by atoms with Crippen LogP contribution in [0, 0.1) is 11.3 Å². The molecular formula is C23H38N4O2. The second-order valence-corrected chi connectivity index (χ2v) is 9.22. The maximum absolute atomic E-state index is 10.1. The van der Waals surface area contributed by atoms with E-state index in [1.54, 1.807) is 6.07 Å². The molecule has 0 bridgehead atoms. The summed E-state index contributed by atoms with van der Waals surface area (Å²) in [5, 5.41) is 13.6. The van der Waals surface area contributed by atoms with Crippen molar-refractivity contribution in [1.29, 1.82) is 0 Å². The normalized spacial score (nSPS) is 23.9. The average molecular weight is 403 g/mol. The van der Waals surface area contributed by atoms with Crippen LogP contribution in [-0.2, 0) is 4.74 Å². The Balaban J connectivity index is 1.63. The van der Waals surface area contributed by atoms with Gasteiger partial charge in [0.2, 0.25) is 0 Å². The first-order valence-electron chi connectivity index (χ1n) is 11.1. The van der Waals surface area contributed by atoms with Crippen LogP contribution in [-0.4, -0.2) is 67.9 Å². The van der Waals surface area contributed by atoms with Gasteiger partial charge in [0.25, 0.3) is 0 Å². The van der Waals surface area contributed by atoms with E-state index in [-0.39, 0.29) is 11.5 Å². The van der Waals surface area contributed by atoms with E-state index in [4.69, 9.17) is 9.73 Å². The summed E-state index contributed by atoms with van der Waals surface area (Å²) < 4.78 is 6.13. The molecule has 3 rings (SSSR count). The number of hydrogen-bond donors (Lipinski definition) is 2. The van der Waals surface area contributed by atoms with Crippen LogP contribution in [0.4, 0.5) is 5.69 Å². The van der Waals surface area contributed by atoms with Crippen LogP contribution in [0.25, 0.3) is 0 Å². The molecule has 2 atom stereocenters. The van der Waals surface area contributed by atoms with E-state index in [2.05, 4.69) is 42.8 Å². The van der Waals surface area contributed by atoms with E-state index in [1.165, 1.54) is 6.42 Å². The molecule has 162 valence electrons. The van der Waals surface area contributed by atoms with Crippen LogP contribution < -0.4 is 10.2 Å². The quantitative estimate of drug-likeness (QED) is 0.598. The van der Waals surface area contributed by atoms with Crippen LogP contribution in [0.1, 0.15) is 40.5 Å². The molecule has 0 aromatic heterocycles. The molecule has 0 amide bonds. The predicted molar refractivity (Wildman–Crippen MR) is 120 cm³/mol. The zero-order valence-corrected chi connectivity index (χ0v) is 18.5. The summed E-state index contributed by atoms with van der Waals surface area (Å²) >= 11 is 0. The van der Waals surface area contributed by atoms with Crippen molar-refractivity contribution in [2.24, 2.45) is 16.3 Å². The molecule has 29 heavy (non-hydrogen) atoms.